The number of fused-ring (bicyclic) bond motifs is 3. The zero-order valence-electron chi connectivity index (χ0n) is 9.77. The molecule has 0 saturated carbocycles. The summed E-state index contributed by atoms with van der Waals surface area (Å²) in [7, 11) is 0. The standard InChI is InChI=1S/C13H13ClN2O2/c14-10-2-1-9-5-11-7-15(8-13(17)18)3-4-16(11)12(9)6-10/h1-2,5-6H,3-4,7-8H2,(H,17,18). The maximum absolute atomic E-state index is 10.7. The second-order valence-electron chi connectivity index (χ2n) is 4.59. The van der Waals surface area contributed by atoms with Crippen molar-refractivity contribution in [3.8, 4) is 0 Å². The molecule has 0 spiro atoms. The summed E-state index contributed by atoms with van der Waals surface area (Å²) in [5.74, 6) is -0.775. The number of hydrogen-bond acceptors (Lipinski definition) is 2. The van der Waals surface area contributed by atoms with Crippen molar-refractivity contribution in [3.63, 3.8) is 0 Å². The second kappa shape index (κ2) is 4.30. The van der Waals surface area contributed by atoms with Crippen LogP contribution in [0.25, 0.3) is 10.9 Å². The molecule has 0 radical (unpaired) electrons. The van der Waals surface area contributed by atoms with Crippen LogP contribution < -0.4 is 0 Å². The highest BCUT2D eigenvalue weighted by Gasteiger charge is 2.20. The number of aliphatic carboxylic acids is 1. The van der Waals surface area contributed by atoms with E-state index in [0.29, 0.717) is 6.54 Å². The van der Waals surface area contributed by atoms with Gasteiger partial charge in [0.1, 0.15) is 0 Å². The first-order valence-corrected chi connectivity index (χ1v) is 6.23. The van der Waals surface area contributed by atoms with Gasteiger partial charge in [-0.25, -0.2) is 0 Å². The zero-order chi connectivity index (χ0) is 12.7. The Kier molecular flexibility index (Phi) is 2.76. The van der Waals surface area contributed by atoms with Gasteiger partial charge in [-0.15, -0.1) is 0 Å². The summed E-state index contributed by atoms with van der Waals surface area (Å²) in [6, 6.07) is 7.96. The van der Waals surface area contributed by atoms with Crippen LogP contribution >= 0.6 is 11.6 Å². The smallest absolute Gasteiger partial charge is 0.317 e. The van der Waals surface area contributed by atoms with E-state index in [9.17, 15) is 4.79 Å². The Bertz CT molecular complexity index is 621. The Hall–Kier alpha value is -1.52. The van der Waals surface area contributed by atoms with E-state index in [1.54, 1.807) is 0 Å². The van der Waals surface area contributed by atoms with E-state index in [1.165, 1.54) is 0 Å². The molecule has 2 aromatic rings. The second-order valence-corrected chi connectivity index (χ2v) is 5.03. The number of rotatable bonds is 2. The number of benzene rings is 1. The van der Waals surface area contributed by atoms with Gasteiger partial charge in [-0.2, -0.15) is 0 Å². The predicted octanol–water partition coefficient (Wildman–Crippen LogP) is 2.19. The van der Waals surface area contributed by atoms with E-state index in [0.717, 1.165) is 34.7 Å². The Morgan fingerprint density at radius 3 is 2.94 bits per heavy atom. The van der Waals surface area contributed by atoms with Crippen molar-refractivity contribution in [2.75, 3.05) is 13.1 Å². The van der Waals surface area contributed by atoms with E-state index < -0.39 is 5.97 Å². The third-order valence-electron chi connectivity index (χ3n) is 3.34. The Balaban J connectivity index is 1.97. The van der Waals surface area contributed by atoms with Gasteiger partial charge in [0.05, 0.1) is 6.54 Å². The first-order valence-electron chi connectivity index (χ1n) is 5.85. The SMILES string of the molecule is O=C(O)CN1CCn2c(cc3ccc(Cl)cc32)C1. The van der Waals surface area contributed by atoms with Crippen LogP contribution in [0, 0.1) is 0 Å². The Morgan fingerprint density at radius 1 is 1.33 bits per heavy atom. The van der Waals surface area contributed by atoms with E-state index in [-0.39, 0.29) is 6.54 Å². The summed E-state index contributed by atoms with van der Waals surface area (Å²) < 4.78 is 2.22. The fourth-order valence-corrected chi connectivity index (χ4v) is 2.72. The number of carboxylic acid groups (broad SMARTS) is 1. The molecule has 18 heavy (non-hydrogen) atoms. The largest absolute Gasteiger partial charge is 0.480 e. The van der Waals surface area contributed by atoms with Crippen molar-refractivity contribution in [2.24, 2.45) is 0 Å². The van der Waals surface area contributed by atoms with Gasteiger partial charge in [0.2, 0.25) is 0 Å². The highest BCUT2D eigenvalue weighted by Crippen LogP contribution is 2.26. The lowest BCUT2D eigenvalue weighted by Crippen LogP contribution is -2.36. The van der Waals surface area contributed by atoms with Gasteiger partial charge in [-0.1, -0.05) is 17.7 Å². The van der Waals surface area contributed by atoms with Crippen molar-refractivity contribution in [2.45, 2.75) is 13.1 Å². The average molecular weight is 265 g/mol. The topological polar surface area (TPSA) is 45.5 Å². The molecule has 1 aliphatic rings. The fourth-order valence-electron chi connectivity index (χ4n) is 2.56. The van der Waals surface area contributed by atoms with Crippen LogP contribution in [-0.4, -0.2) is 33.6 Å². The first kappa shape index (κ1) is 11.6. The molecular formula is C13H13ClN2O2. The van der Waals surface area contributed by atoms with Gasteiger partial charge in [0.25, 0.3) is 0 Å². The highest BCUT2D eigenvalue weighted by molar-refractivity contribution is 6.31. The molecule has 1 aromatic carbocycles. The molecule has 0 bridgehead atoms. The number of carbonyl (C=O) groups is 1. The van der Waals surface area contributed by atoms with Gasteiger partial charge < -0.3 is 9.67 Å². The van der Waals surface area contributed by atoms with Crippen molar-refractivity contribution in [1.82, 2.24) is 9.47 Å². The van der Waals surface area contributed by atoms with Crippen LogP contribution in [-0.2, 0) is 17.9 Å². The molecule has 4 nitrogen and oxygen atoms in total. The van der Waals surface area contributed by atoms with Crippen molar-refractivity contribution in [1.29, 1.82) is 0 Å². The average Bonchev–Trinajstić information content (AvgIpc) is 2.65. The van der Waals surface area contributed by atoms with E-state index in [2.05, 4.69) is 10.6 Å². The Morgan fingerprint density at radius 2 is 2.17 bits per heavy atom. The molecule has 0 amide bonds. The van der Waals surface area contributed by atoms with Gasteiger partial charge in [-0.05, 0) is 18.2 Å². The van der Waals surface area contributed by atoms with Crippen molar-refractivity contribution >= 4 is 28.5 Å². The molecule has 1 aliphatic heterocycles. The van der Waals surface area contributed by atoms with Crippen LogP contribution in [0.5, 0.6) is 0 Å². The number of nitrogens with zero attached hydrogens (tertiary/aromatic N) is 2. The molecule has 1 N–H and O–H groups in total. The number of aromatic nitrogens is 1. The molecule has 0 unspecified atom stereocenters. The summed E-state index contributed by atoms with van der Waals surface area (Å²) >= 11 is 6.01. The summed E-state index contributed by atoms with van der Waals surface area (Å²) in [6.07, 6.45) is 0. The molecule has 2 heterocycles. The van der Waals surface area contributed by atoms with Gasteiger partial charge in [0, 0.05) is 41.3 Å². The van der Waals surface area contributed by atoms with Gasteiger partial charge >= 0.3 is 5.97 Å². The molecule has 0 atom stereocenters. The minimum atomic E-state index is -0.775. The zero-order valence-corrected chi connectivity index (χ0v) is 10.5. The summed E-state index contributed by atoms with van der Waals surface area (Å²) in [5.41, 5.74) is 2.28. The molecule has 94 valence electrons. The minimum Gasteiger partial charge on any atom is -0.480 e. The summed E-state index contributed by atoms with van der Waals surface area (Å²) in [4.78, 5) is 12.7. The number of hydrogen-bond donors (Lipinski definition) is 1. The summed E-state index contributed by atoms with van der Waals surface area (Å²) in [5, 5.41) is 10.7. The van der Waals surface area contributed by atoms with Gasteiger partial charge in [-0.3, -0.25) is 9.69 Å². The maximum atomic E-state index is 10.7. The molecular weight excluding hydrogens is 252 g/mol. The number of carboxylic acids is 1. The fraction of sp³-hybridized carbons (Fsp3) is 0.308. The first-order chi connectivity index (χ1) is 8.63. The van der Waals surface area contributed by atoms with Crippen LogP contribution in [0.1, 0.15) is 5.69 Å². The van der Waals surface area contributed by atoms with E-state index in [4.69, 9.17) is 16.7 Å². The quantitative estimate of drug-likeness (QED) is 0.904. The summed E-state index contributed by atoms with van der Waals surface area (Å²) in [6.45, 7) is 2.35. The van der Waals surface area contributed by atoms with Crippen LogP contribution in [0.15, 0.2) is 24.3 Å². The molecule has 3 rings (SSSR count). The highest BCUT2D eigenvalue weighted by atomic mass is 35.5. The lowest BCUT2D eigenvalue weighted by molar-refractivity contribution is -0.138. The van der Waals surface area contributed by atoms with Crippen LogP contribution in [0.2, 0.25) is 5.02 Å². The molecule has 0 saturated heterocycles. The van der Waals surface area contributed by atoms with Crippen molar-refractivity contribution < 1.29 is 9.90 Å². The molecule has 5 heteroatoms. The minimum absolute atomic E-state index is 0.0995. The normalized spacial score (nSPS) is 15.8. The monoisotopic (exact) mass is 264 g/mol. The third kappa shape index (κ3) is 1.98. The molecule has 0 aliphatic carbocycles. The third-order valence-corrected chi connectivity index (χ3v) is 3.57. The Labute approximate surface area is 109 Å². The van der Waals surface area contributed by atoms with Crippen LogP contribution in [0.4, 0.5) is 0 Å². The van der Waals surface area contributed by atoms with E-state index >= 15 is 0 Å². The van der Waals surface area contributed by atoms with E-state index in [1.807, 2.05) is 23.1 Å². The molecule has 1 aromatic heterocycles. The van der Waals surface area contributed by atoms with Gasteiger partial charge in [0.15, 0.2) is 0 Å². The number of halogens is 1. The van der Waals surface area contributed by atoms with Crippen molar-refractivity contribution in [3.05, 3.63) is 35.0 Å². The van der Waals surface area contributed by atoms with Crippen LogP contribution in [0.3, 0.4) is 0 Å². The maximum Gasteiger partial charge on any atom is 0.317 e. The predicted molar refractivity (Wildman–Crippen MR) is 69.9 cm³/mol. The molecule has 0 fully saturated rings. The lowest BCUT2D eigenvalue weighted by atomic mass is 10.2. The lowest BCUT2D eigenvalue weighted by Gasteiger charge is -2.27.